The van der Waals surface area contributed by atoms with E-state index < -0.39 is 0 Å². The zero-order valence-corrected chi connectivity index (χ0v) is 8.78. The van der Waals surface area contributed by atoms with Crippen LogP contribution in [0, 0.1) is 6.92 Å². The van der Waals surface area contributed by atoms with Gasteiger partial charge >= 0.3 is 0 Å². The van der Waals surface area contributed by atoms with Crippen LogP contribution in [-0.4, -0.2) is 14.5 Å². The predicted molar refractivity (Wildman–Crippen MR) is 57.2 cm³/mol. The van der Waals surface area contributed by atoms with Crippen molar-refractivity contribution in [2.24, 2.45) is 0 Å². The molecule has 0 aliphatic rings. The third kappa shape index (κ3) is 1.99. The van der Waals surface area contributed by atoms with Crippen molar-refractivity contribution in [2.75, 3.05) is 5.73 Å². The number of hydrogen-bond acceptors (Lipinski definition) is 6. The zero-order chi connectivity index (χ0) is 10.8. The molecule has 1 aromatic heterocycles. The van der Waals surface area contributed by atoms with E-state index in [4.69, 9.17) is 10.5 Å². The van der Waals surface area contributed by atoms with Crippen LogP contribution in [0.2, 0.25) is 0 Å². The molecule has 0 unspecified atom stereocenters. The van der Waals surface area contributed by atoms with Crippen molar-refractivity contribution in [1.29, 1.82) is 0 Å². The van der Waals surface area contributed by atoms with Gasteiger partial charge in [-0.1, -0.05) is 6.07 Å². The molecule has 2 aromatic rings. The maximum atomic E-state index is 9.35. The van der Waals surface area contributed by atoms with E-state index in [1.807, 2.05) is 0 Å². The number of nitrogen functional groups attached to an aromatic ring is 1. The van der Waals surface area contributed by atoms with Crippen molar-refractivity contribution in [3.63, 3.8) is 0 Å². The molecule has 0 radical (unpaired) electrons. The van der Waals surface area contributed by atoms with Crippen LogP contribution in [0.15, 0.2) is 18.2 Å². The number of aromatic hydroxyl groups is 1. The Hall–Kier alpha value is -1.82. The highest BCUT2D eigenvalue weighted by molar-refractivity contribution is 7.07. The molecule has 0 aliphatic carbocycles. The molecule has 0 aliphatic heterocycles. The fourth-order valence-electron chi connectivity index (χ4n) is 1.03. The number of rotatable bonds is 2. The molecule has 6 heteroatoms. The van der Waals surface area contributed by atoms with Crippen LogP contribution in [0.4, 0.5) is 5.69 Å². The molecule has 3 N–H and O–H groups in total. The van der Waals surface area contributed by atoms with Crippen molar-refractivity contribution >= 4 is 17.2 Å². The molecule has 0 spiro atoms. The molecule has 15 heavy (non-hydrogen) atoms. The lowest BCUT2D eigenvalue weighted by Crippen LogP contribution is -1.91. The summed E-state index contributed by atoms with van der Waals surface area (Å²) in [5, 5.41) is 9.75. The number of benzene rings is 1. The monoisotopic (exact) mass is 223 g/mol. The molecule has 0 amide bonds. The number of aromatic nitrogens is 2. The smallest absolute Gasteiger partial charge is 0.298 e. The first-order valence-electron chi connectivity index (χ1n) is 4.22. The quantitative estimate of drug-likeness (QED) is 0.600. The maximum absolute atomic E-state index is 9.35. The molecule has 0 atom stereocenters. The van der Waals surface area contributed by atoms with E-state index in [1.165, 1.54) is 6.07 Å². The van der Waals surface area contributed by atoms with Gasteiger partial charge < -0.3 is 15.6 Å². The Morgan fingerprint density at radius 2 is 2.27 bits per heavy atom. The number of hydrogen-bond donors (Lipinski definition) is 2. The van der Waals surface area contributed by atoms with E-state index in [9.17, 15) is 5.11 Å². The van der Waals surface area contributed by atoms with E-state index in [0.29, 0.717) is 16.8 Å². The fraction of sp³-hybridized carbons (Fsp3) is 0.111. The van der Waals surface area contributed by atoms with E-state index in [-0.39, 0.29) is 11.4 Å². The lowest BCUT2D eigenvalue weighted by Gasteiger charge is -2.05. The average molecular weight is 223 g/mol. The number of aryl methyl sites for hydroxylation is 1. The van der Waals surface area contributed by atoms with Gasteiger partial charge in [-0.15, -0.1) is 0 Å². The van der Waals surface area contributed by atoms with Gasteiger partial charge in [0.05, 0.1) is 0 Å². The Balaban J connectivity index is 2.28. The number of anilines is 1. The van der Waals surface area contributed by atoms with E-state index in [1.54, 1.807) is 19.1 Å². The number of phenolic OH excluding ortho intramolecular Hbond substituents is 1. The summed E-state index contributed by atoms with van der Waals surface area (Å²) >= 11 is 1.14. The molecule has 0 saturated heterocycles. The summed E-state index contributed by atoms with van der Waals surface area (Å²) in [7, 11) is 0. The third-order valence-electron chi connectivity index (χ3n) is 1.75. The highest BCUT2D eigenvalue weighted by Crippen LogP contribution is 2.33. The molecular weight excluding hydrogens is 214 g/mol. The lowest BCUT2D eigenvalue weighted by molar-refractivity contribution is 0.458. The summed E-state index contributed by atoms with van der Waals surface area (Å²) in [6.45, 7) is 1.77. The lowest BCUT2D eigenvalue weighted by atomic mass is 10.3. The van der Waals surface area contributed by atoms with Gasteiger partial charge in [-0.3, -0.25) is 0 Å². The number of para-hydroxylation sites is 1. The standard InChI is InChI=1S/C9H9N3O2S/c1-5-11-9(15-12-5)14-7-4-2-3-6(13)8(7)10/h2-4,13H,10H2,1H3. The van der Waals surface area contributed by atoms with Crippen LogP contribution in [-0.2, 0) is 0 Å². The van der Waals surface area contributed by atoms with Gasteiger partial charge in [-0.2, -0.15) is 9.36 Å². The minimum atomic E-state index is -0.00580. The SMILES string of the molecule is Cc1nsc(Oc2cccc(O)c2N)n1. The van der Waals surface area contributed by atoms with Crippen molar-refractivity contribution in [3.05, 3.63) is 24.0 Å². The highest BCUT2D eigenvalue weighted by atomic mass is 32.1. The van der Waals surface area contributed by atoms with Crippen molar-refractivity contribution in [2.45, 2.75) is 6.92 Å². The molecule has 1 heterocycles. The van der Waals surface area contributed by atoms with E-state index in [0.717, 1.165) is 11.5 Å². The van der Waals surface area contributed by atoms with Gasteiger partial charge in [-0.25, -0.2) is 0 Å². The van der Waals surface area contributed by atoms with Crippen LogP contribution in [0.3, 0.4) is 0 Å². The highest BCUT2D eigenvalue weighted by Gasteiger charge is 2.08. The van der Waals surface area contributed by atoms with Crippen molar-refractivity contribution in [3.8, 4) is 16.7 Å². The Morgan fingerprint density at radius 1 is 1.47 bits per heavy atom. The zero-order valence-electron chi connectivity index (χ0n) is 7.97. The van der Waals surface area contributed by atoms with Gasteiger partial charge in [-0.05, 0) is 19.1 Å². The van der Waals surface area contributed by atoms with Gasteiger partial charge in [0.1, 0.15) is 17.3 Å². The Kier molecular flexibility index (Phi) is 2.42. The van der Waals surface area contributed by atoms with Gasteiger partial charge in [0.15, 0.2) is 5.75 Å². The second kappa shape index (κ2) is 3.74. The largest absolute Gasteiger partial charge is 0.506 e. The summed E-state index contributed by atoms with van der Waals surface area (Å²) < 4.78 is 9.34. The second-order valence-corrected chi connectivity index (χ2v) is 3.61. The Bertz CT molecular complexity index is 484. The molecule has 2 rings (SSSR count). The Morgan fingerprint density at radius 3 is 2.93 bits per heavy atom. The number of nitrogens with zero attached hydrogens (tertiary/aromatic N) is 2. The fourth-order valence-corrected chi connectivity index (χ4v) is 1.59. The minimum Gasteiger partial charge on any atom is -0.506 e. The first-order chi connectivity index (χ1) is 7.16. The van der Waals surface area contributed by atoms with Gasteiger partial charge in [0.2, 0.25) is 0 Å². The molecule has 5 nitrogen and oxygen atoms in total. The molecular formula is C9H9N3O2S. The minimum absolute atomic E-state index is 0.00580. The van der Waals surface area contributed by atoms with Crippen LogP contribution < -0.4 is 10.5 Å². The van der Waals surface area contributed by atoms with Crippen LogP contribution in [0.1, 0.15) is 5.82 Å². The first kappa shape index (κ1) is 9.72. The van der Waals surface area contributed by atoms with Crippen LogP contribution in [0.5, 0.6) is 16.7 Å². The number of ether oxygens (including phenoxy) is 1. The maximum Gasteiger partial charge on any atom is 0.298 e. The van der Waals surface area contributed by atoms with Crippen LogP contribution in [0.25, 0.3) is 0 Å². The second-order valence-electron chi connectivity index (χ2n) is 2.90. The topological polar surface area (TPSA) is 81.3 Å². The van der Waals surface area contributed by atoms with E-state index in [2.05, 4.69) is 9.36 Å². The summed E-state index contributed by atoms with van der Waals surface area (Å²) in [6, 6.07) is 4.80. The normalized spacial score (nSPS) is 10.2. The Labute approximate surface area is 90.3 Å². The van der Waals surface area contributed by atoms with Gasteiger partial charge in [0, 0.05) is 11.5 Å². The van der Waals surface area contributed by atoms with Gasteiger partial charge in [0.25, 0.3) is 5.19 Å². The summed E-state index contributed by atoms with van der Waals surface area (Å²) in [5.41, 5.74) is 5.82. The number of nitrogens with two attached hydrogens (primary N) is 1. The molecule has 0 saturated carbocycles. The predicted octanol–water partition coefficient (Wildman–Crippen LogP) is 1.93. The summed E-state index contributed by atoms with van der Waals surface area (Å²) in [6.07, 6.45) is 0. The van der Waals surface area contributed by atoms with Crippen LogP contribution >= 0.6 is 11.5 Å². The molecule has 78 valence electrons. The first-order valence-corrected chi connectivity index (χ1v) is 5.00. The molecule has 1 aromatic carbocycles. The third-order valence-corrected chi connectivity index (χ3v) is 2.44. The van der Waals surface area contributed by atoms with Crippen molar-refractivity contribution in [1.82, 2.24) is 9.36 Å². The van der Waals surface area contributed by atoms with Crippen molar-refractivity contribution < 1.29 is 9.84 Å². The molecule has 0 fully saturated rings. The summed E-state index contributed by atoms with van der Waals surface area (Å²) in [5.74, 6) is 1.02. The average Bonchev–Trinajstić information content (AvgIpc) is 2.59. The van der Waals surface area contributed by atoms with E-state index >= 15 is 0 Å². The summed E-state index contributed by atoms with van der Waals surface area (Å²) in [4.78, 5) is 4.02. The number of phenols is 1. The molecule has 0 bridgehead atoms.